The first-order valence-electron chi connectivity index (χ1n) is 30.1. The summed E-state index contributed by atoms with van der Waals surface area (Å²) in [6.07, 6.45) is 74.1. The molecule has 2 N–H and O–H groups in total. The van der Waals surface area contributed by atoms with Crippen molar-refractivity contribution in [3.63, 3.8) is 0 Å². The summed E-state index contributed by atoms with van der Waals surface area (Å²) in [7, 11) is -4.78. The fourth-order valence-corrected chi connectivity index (χ4v) is 8.31. The topological polar surface area (TPSA) is 155 Å². The van der Waals surface area contributed by atoms with E-state index in [1.54, 1.807) is 0 Å². The van der Waals surface area contributed by atoms with Crippen molar-refractivity contribution < 1.29 is 52.2 Å². The summed E-state index contributed by atoms with van der Waals surface area (Å²) in [5.41, 5.74) is 0. The van der Waals surface area contributed by atoms with Crippen molar-refractivity contribution in [2.75, 3.05) is 26.4 Å². The molecule has 0 spiro atoms. The van der Waals surface area contributed by atoms with E-state index in [0.29, 0.717) is 25.7 Å². The molecular formula is C66H107O11P. The summed E-state index contributed by atoms with van der Waals surface area (Å²) in [5, 5.41) is 9.84. The van der Waals surface area contributed by atoms with Crippen molar-refractivity contribution in [1.82, 2.24) is 0 Å². The van der Waals surface area contributed by atoms with Gasteiger partial charge in [-0.3, -0.25) is 23.4 Å². The smallest absolute Gasteiger partial charge is 0.462 e. The molecule has 0 aliphatic rings. The number of ether oxygens (including phenoxy) is 3. The van der Waals surface area contributed by atoms with E-state index in [1.165, 1.54) is 38.5 Å². The predicted octanol–water partition coefficient (Wildman–Crippen LogP) is 18.1. The fraction of sp³-hybridized carbons (Fsp3) is 0.621. The second kappa shape index (κ2) is 58.8. The Kier molecular flexibility index (Phi) is 55.5. The highest BCUT2D eigenvalue weighted by Gasteiger charge is 2.28. The van der Waals surface area contributed by atoms with Crippen molar-refractivity contribution in [1.29, 1.82) is 0 Å². The minimum atomic E-state index is -4.78. The van der Waals surface area contributed by atoms with E-state index < -0.39 is 57.8 Å². The maximum Gasteiger partial charge on any atom is 0.472 e. The monoisotopic (exact) mass is 1110 g/mol. The number of phosphoric ester groups is 1. The molecule has 0 bridgehead atoms. The number of rotatable bonds is 54. The Labute approximate surface area is 474 Å². The van der Waals surface area contributed by atoms with Gasteiger partial charge in [-0.1, -0.05) is 212 Å². The lowest BCUT2D eigenvalue weighted by atomic mass is 10.1. The van der Waals surface area contributed by atoms with Crippen LogP contribution in [0.25, 0.3) is 0 Å². The third kappa shape index (κ3) is 56.3. The largest absolute Gasteiger partial charge is 0.472 e. The van der Waals surface area contributed by atoms with Crippen LogP contribution in [-0.4, -0.2) is 66.5 Å². The Morgan fingerprint density at radius 1 is 0.372 bits per heavy atom. The zero-order valence-corrected chi connectivity index (χ0v) is 49.7. The molecule has 0 aliphatic heterocycles. The number of esters is 3. The van der Waals surface area contributed by atoms with Crippen LogP contribution in [0.2, 0.25) is 0 Å². The van der Waals surface area contributed by atoms with E-state index in [0.717, 1.165) is 122 Å². The predicted molar refractivity (Wildman–Crippen MR) is 325 cm³/mol. The first kappa shape index (κ1) is 73.6. The van der Waals surface area contributed by atoms with Crippen LogP contribution in [0.4, 0.5) is 0 Å². The summed E-state index contributed by atoms with van der Waals surface area (Å²) in [5.74, 6) is -1.58. The third-order valence-corrected chi connectivity index (χ3v) is 13.0. The molecule has 0 heterocycles. The van der Waals surface area contributed by atoms with Crippen molar-refractivity contribution in [2.45, 2.75) is 238 Å². The molecule has 3 atom stereocenters. The van der Waals surface area contributed by atoms with Gasteiger partial charge in [0.1, 0.15) is 12.7 Å². The van der Waals surface area contributed by atoms with Gasteiger partial charge in [0.25, 0.3) is 0 Å². The van der Waals surface area contributed by atoms with Crippen LogP contribution in [0.15, 0.2) is 134 Å². The number of carbonyl (C=O) groups is 3. The second-order valence-electron chi connectivity index (χ2n) is 19.4. The van der Waals surface area contributed by atoms with Gasteiger partial charge in [-0.2, -0.15) is 0 Å². The molecule has 0 rings (SSSR count). The minimum absolute atomic E-state index is 0.119. The van der Waals surface area contributed by atoms with Gasteiger partial charge < -0.3 is 24.2 Å². The first-order valence-corrected chi connectivity index (χ1v) is 31.6. The lowest BCUT2D eigenvalue weighted by molar-refractivity contribution is -0.161. The summed E-state index contributed by atoms with van der Waals surface area (Å²) < 4.78 is 39.5. The van der Waals surface area contributed by atoms with Crippen LogP contribution < -0.4 is 0 Å². The quantitative estimate of drug-likeness (QED) is 0.0197. The van der Waals surface area contributed by atoms with Crippen LogP contribution >= 0.6 is 7.82 Å². The molecule has 0 aromatic rings. The van der Waals surface area contributed by atoms with E-state index in [9.17, 15) is 28.9 Å². The maximum absolute atomic E-state index is 12.9. The van der Waals surface area contributed by atoms with E-state index in [2.05, 4.69) is 148 Å². The van der Waals surface area contributed by atoms with Gasteiger partial charge in [-0.15, -0.1) is 0 Å². The minimum Gasteiger partial charge on any atom is -0.462 e. The van der Waals surface area contributed by atoms with Crippen molar-refractivity contribution in [3.8, 4) is 0 Å². The van der Waals surface area contributed by atoms with Crippen molar-refractivity contribution >= 4 is 25.7 Å². The Hall–Kier alpha value is -4.38. The van der Waals surface area contributed by atoms with Crippen LogP contribution in [0.5, 0.6) is 0 Å². The van der Waals surface area contributed by atoms with Gasteiger partial charge in [0.15, 0.2) is 6.10 Å². The first-order chi connectivity index (χ1) is 38.2. The maximum atomic E-state index is 12.9. The number of hydrogen-bond donors (Lipinski definition) is 2. The number of phosphoric acid groups is 1. The average Bonchev–Trinajstić information content (AvgIpc) is 3.43. The van der Waals surface area contributed by atoms with E-state index >= 15 is 0 Å². The molecule has 0 fully saturated rings. The molecule has 0 aromatic heterocycles. The normalized spacial score (nSPS) is 14.3. The van der Waals surface area contributed by atoms with Gasteiger partial charge in [0.2, 0.25) is 0 Å². The molecule has 78 heavy (non-hydrogen) atoms. The summed E-state index contributed by atoms with van der Waals surface area (Å²) in [4.78, 5) is 48.6. The number of hydrogen-bond acceptors (Lipinski definition) is 10. The van der Waals surface area contributed by atoms with Gasteiger partial charge >= 0.3 is 25.7 Å². The summed E-state index contributed by atoms with van der Waals surface area (Å²) in [6.45, 7) is 4.28. The molecule has 0 radical (unpaired) electrons. The molecule has 0 aromatic carbocycles. The molecule has 3 unspecified atom stereocenters. The Balaban J connectivity index is 4.85. The van der Waals surface area contributed by atoms with Gasteiger partial charge in [-0.05, 0) is 128 Å². The van der Waals surface area contributed by atoms with Gasteiger partial charge in [-0.25, -0.2) is 4.57 Å². The molecule has 12 heteroatoms. The molecular weight excluding hydrogens is 1000 g/mol. The Morgan fingerprint density at radius 2 is 0.679 bits per heavy atom. The number of unbranched alkanes of at least 4 members (excludes halogenated alkanes) is 15. The van der Waals surface area contributed by atoms with Crippen LogP contribution in [0.3, 0.4) is 0 Å². The van der Waals surface area contributed by atoms with Gasteiger partial charge in [0.05, 0.1) is 19.8 Å². The molecule has 0 saturated heterocycles. The van der Waals surface area contributed by atoms with E-state index in [1.807, 2.05) is 6.08 Å². The van der Waals surface area contributed by atoms with Crippen LogP contribution in [0.1, 0.15) is 226 Å². The van der Waals surface area contributed by atoms with Gasteiger partial charge in [0, 0.05) is 19.3 Å². The number of carbonyl (C=O) groups excluding carboxylic acids is 3. The molecule has 11 nitrogen and oxygen atoms in total. The average molecular weight is 1110 g/mol. The standard InChI is InChI=1S/C66H107O11P/c1-4-7-10-13-16-19-22-25-28-31-34-37-40-43-46-49-52-55-64(68)73-59-63(77-66(70)57-54-51-48-45-42-39-36-33-30-27-24-21-18-15-12-9-6-3)61-75-78(71,72)74-60-62(58-67)76-65(69)56-53-50-47-44-41-38-35-32-29-26-23-20-17-14-11-8-5-2/h7,9-10,12,16-21,25-30,34,36-37,39,43,46,62-63,67H,4-6,8,11,13-15,22-24,31-33,35,38,40-42,44-45,47-61H2,1-3H3,(H,71,72)/b10-7-,12-9-,19-16-,20-17-,21-18-,28-25-,29-26-,30-27-,37-34-,39-36-,46-43-. The molecule has 0 amide bonds. The lowest BCUT2D eigenvalue weighted by Crippen LogP contribution is -2.30. The van der Waals surface area contributed by atoms with Crippen molar-refractivity contribution in [3.05, 3.63) is 134 Å². The molecule has 0 saturated carbocycles. The summed E-state index contributed by atoms with van der Waals surface area (Å²) in [6, 6.07) is 0. The SMILES string of the molecule is CC/C=C\C/C=C\C/C=C\C/C=C\C/C=C\CCCC(=O)OCC(COP(=O)(O)OCC(CO)OC(=O)CCCCCCCCC/C=C\C/C=C\CCCCC)OC(=O)CCCCCC/C=C\C/C=C\C/C=C\C/C=C\CC. The highest BCUT2D eigenvalue weighted by Crippen LogP contribution is 2.43. The van der Waals surface area contributed by atoms with E-state index in [4.69, 9.17) is 23.3 Å². The zero-order valence-electron chi connectivity index (χ0n) is 48.8. The summed E-state index contributed by atoms with van der Waals surface area (Å²) >= 11 is 0. The molecule has 0 aliphatic carbocycles. The second-order valence-corrected chi connectivity index (χ2v) is 20.8. The number of aliphatic hydroxyl groups excluding tert-OH is 1. The Bertz CT molecular complexity index is 1820. The number of allylic oxidation sites excluding steroid dienone is 22. The highest BCUT2D eigenvalue weighted by atomic mass is 31.2. The van der Waals surface area contributed by atoms with Crippen LogP contribution in [0, 0.1) is 0 Å². The highest BCUT2D eigenvalue weighted by molar-refractivity contribution is 7.47. The van der Waals surface area contributed by atoms with Crippen LogP contribution in [-0.2, 0) is 42.2 Å². The lowest BCUT2D eigenvalue weighted by Gasteiger charge is -2.21. The number of aliphatic hydroxyl groups is 1. The fourth-order valence-electron chi connectivity index (χ4n) is 7.53. The zero-order chi connectivity index (χ0) is 56.9. The molecule has 442 valence electrons. The Morgan fingerprint density at radius 3 is 1.06 bits per heavy atom. The van der Waals surface area contributed by atoms with E-state index in [-0.39, 0.29) is 25.9 Å². The van der Waals surface area contributed by atoms with Crippen molar-refractivity contribution in [2.24, 2.45) is 0 Å². The third-order valence-electron chi connectivity index (χ3n) is 12.0.